The Morgan fingerprint density at radius 2 is 1.53 bits per heavy atom. The van der Waals surface area contributed by atoms with Crippen LogP contribution in [0.25, 0.3) is 0 Å². The first kappa shape index (κ1) is 11.1. The molecule has 1 aliphatic heterocycles. The van der Waals surface area contributed by atoms with Gasteiger partial charge in [-0.25, -0.2) is 0 Å². The van der Waals surface area contributed by atoms with Crippen molar-refractivity contribution in [3.63, 3.8) is 0 Å². The Balaban J connectivity index is 2.27. The van der Waals surface area contributed by atoms with Crippen molar-refractivity contribution in [2.75, 3.05) is 0 Å². The van der Waals surface area contributed by atoms with E-state index >= 15 is 0 Å². The first-order valence-electron chi connectivity index (χ1n) is 5.13. The van der Waals surface area contributed by atoms with Gasteiger partial charge in [-0.2, -0.15) is 0 Å². The molecule has 1 heterocycles. The highest BCUT2D eigenvalue weighted by atomic mass is 79.9. The van der Waals surface area contributed by atoms with Crippen molar-refractivity contribution < 1.29 is 9.47 Å². The van der Waals surface area contributed by atoms with Gasteiger partial charge < -0.3 is 9.47 Å². The van der Waals surface area contributed by atoms with Gasteiger partial charge in [0, 0.05) is 10.0 Å². The van der Waals surface area contributed by atoms with E-state index in [9.17, 15) is 0 Å². The van der Waals surface area contributed by atoms with Crippen LogP contribution in [0.15, 0.2) is 28.7 Å². The molecule has 2 nitrogen and oxygen atoms in total. The predicted molar refractivity (Wildman–Crippen MR) is 62.6 cm³/mol. The molecule has 0 N–H and O–H groups in total. The van der Waals surface area contributed by atoms with Crippen LogP contribution in [0.4, 0.5) is 0 Å². The minimum Gasteiger partial charge on any atom is -0.340 e. The zero-order chi connectivity index (χ0) is 11.1. The molecule has 0 aromatic heterocycles. The Morgan fingerprint density at radius 1 is 1.07 bits per heavy atom. The largest absolute Gasteiger partial charge is 0.340 e. The van der Waals surface area contributed by atoms with Gasteiger partial charge in [-0.3, -0.25) is 0 Å². The Bertz CT molecular complexity index is 337. The Labute approximate surface area is 98.7 Å². The maximum atomic E-state index is 5.85. The molecule has 82 valence electrons. The van der Waals surface area contributed by atoms with Gasteiger partial charge in [0.15, 0.2) is 5.79 Å². The van der Waals surface area contributed by atoms with Crippen molar-refractivity contribution in [2.24, 2.45) is 0 Å². The normalized spacial score (nSPS) is 35.7. The van der Waals surface area contributed by atoms with Gasteiger partial charge in [-0.15, -0.1) is 0 Å². The van der Waals surface area contributed by atoms with Crippen LogP contribution in [-0.4, -0.2) is 12.2 Å². The van der Waals surface area contributed by atoms with E-state index in [4.69, 9.17) is 9.47 Å². The monoisotopic (exact) mass is 270 g/mol. The molecule has 1 saturated heterocycles. The highest BCUT2D eigenvalue weighted by Crippen LogP contribution is 2.37. The van der Waals surface area contributed by atoms with Crippen LogP contribution in [-0.2, 0) is 15.3 Å². The van der Waals surface area contributed by atoms with E-state index in [1.807, 2.05) is 45.0 Å². The molecular formula is C12H15BrO2. The summed E-state index contributed by atoms with van der Waals surface area (Å²) >= 11 is 3.41. The molecule has 2 unspecified atom stereocenters. The van der Waals surface area contributed by atoms with Crippen molar-refractivity contribution in [1.82, 2.24) is 0 Å². The van der Waals surface area contributed by atoms with E-state index in [2.05, 4.69) is 15.9 Å². The molecule has 0 radical (unpaired) electrons. The second-order valence-corrected chi connectivity index (χ2v) is 5.01. The summed E-state index contributed by atoms with van der Waals surface area (Å²) < 4.78 is 12.8. The average Bonchev–Trinajstić information content (AvgIpc) is 2.43. The van der Waals surface area contributed by atoms with Crippen LogP contribution >= 0.6 is 15.9 Å². The van der Waals surface area contributed by atoms with Crippen molar-refractivity contribution in [1.29, 1.82) is 0 Å². The summed E-state index contributed by atoms with van der Waals surface area (Å²) in [5.74, 6) is -0.598. The number of rotatable bonds is 1. The second kappa shape index (κ2) is 3.89. The molecule has 2 atom stereocenters. The summed E-state index contributed by atoms with van der Waals surface area (Å²) in [6, 6.07) is 8.05. The van der Waals surface area contributed by atoms with Gasteiger partial charge >= 0.3 is 0 Å². The smallest absolute Gasteiger partial charge is 0.192 e. The third kappa shape index (κ3) is 2.10. The highest BCUT2D eigenvalue weighted by Gasteiger charge is 2.41. The molecule has 0 bridgehead atoms. The number of hydrogen-bond donors (Lipinski definition) is 0. The van der Waals surface area contributed by atoms with Gasteiger partial charge in [0.05, 0.1) is 12.2 Å². The quantitative estimate of drug-likeness (QED) is 0.779. The highest BCUT2D eigenvalue weighted by molar-refractivity contribution is 9.10. The molecule has 0 amide bonds. The zero-order valence-electron chi connectivity index (χ0n) is 9.16. The van der Waals surface area contributed by atoms with Crippen molar-refractivity contribution in [2.45, 2.75) is 38.8 Å². The standard InChI is InChI=1S/C12H15BrO2/c1-8-9(2)15-12(3,14-8)10-4-6-11(13)7-5-10/h4-9H,1-3H3. The first-order chi connectivity index (χ1) is 7.01. The van der Waals surface area contributed by atoms with Gasteiger partial charge in [0.1, 0.15) is 0 Å². The molecule has 3 heteroatoms. The lowest BCUT2D eigenvalue weighted by Gasteiger charge is -2.23. The molecule has 1 aromatic rings. The average molecular weight is 271 g/mol. The van der Waals surface area contributed by atoms with Crippen LogP contribution < -0.4 is 0 Å². The molecule has 1 fully saturated rings. The topological polar surface area (TPSA) is 18.5 Å². The van der Waals surface area contributed by atoms with Crippen molar-refractivity contribution >= 4 is 15.9 Å². The lowest BCUT2D eigenvalue weighted by Crippen LogP contribution is -2.23. The van der Waals surface area contributed by atoms with E-state index < -0.39 is 5.79 Å². The predicted octanol–water partition coefficient (Wildman–Crippen LogP) is 3.45. The summed E-state index contributed by atoms with van der Waals surface area (Å²) in [6.45, 7) is 6.04. The van der Waals surface area contributed by atoms with Crippen molar-refractivity contribution in [3.8, 4) is 0 Å². The fraction of sp³-hybridized carbons (Fsp3) is 0.500. The third-order valence-electron chi connectivity index (χ3n) is 2.85. The summed E-state index contributed by atoms with van der Waals surface area (Å²) in [7, 11) is 0. The molecule has 15 heavy (non-hydrogen) atoms. The molecule has 0 spiro atoms. The number of halogens is 1. The van der Waals surface area contributed by atoms with Crippen molar-refractivity contribution in [3.05, 3.63) is 34.3 Å². The van der Waals surface area contributed by atoms with Gasteiger partial charge in [-0.1, -0.05) is 28.1 Å². The SMILES string of the molecule is CC1OC(C)(c2ccc(Br)cc2)OC1C. The van der Waals surface area contributed by atoms with Crippen LogP contribution in [0.2, 0.25) is 0 Å². The molecule has 0 saturated carbocycles. The van der Waals surface area contributed by atoms with Crippen LogP contribution in [0, 0.1) is 0 Å². The maximum Gasteiger partial charge on any atom is 0.192 e. The summed E-state index contributed by atoms with van der Waals surface area (Å²) in [5.41, 5.74) is 1.06. The fourth-order valence-corrected chi connectivity index (χ4v) is 2.08. The Hall–Kier alpha value is -0.380. The number of hydrogen-bond acceptors (Lipinski definition) is 2. The first-order valence-corrected chi connectivity index (χ1v) is 5.92. The van der Waals surface area contributed by atoms with Crippen LogP contribution in [0.1, 0.15) is 26.3 Å². The molecule has 1 aromatic carbocycles. The number of benzene rings is 1. The second-order valence-electron chi connectivity index (χ2n) is 4.10. The molecule has 1 aliphatic rings. The molecule has 0 aliphatic carbocycles. The minimum atomic E-state index is -0.598. The Kier molecular flexibility index (Phi) is 2.88. The summed E-state index contributed by atoms with van der Waals surface area (Å²) in [4.78, 5) is 0. The van der Waals surface area contributed by atoms with Gasteiger partial charge in [0.25, 0.3) is 0 Å². The van der Waals surface area contributed by atoms with Gasteiger partial charge in [-0.05, 0) is 32.9 Å². The number of ether oxygens (including phenoxy) is 2. The van der Waals surface area contributed by atoms with E-state index in [-0.39, 0.29) is 12.2 Å². The van der Waals surface area contributed by atoms with Crippen LogP contribution in [0.5, 0.6) is 0 Å². The van der Waals surface area contributed by atoms with E-state index in [0.717, 1.165) is 10.0 Å². The van der Waals surface area contributed by atoms with E-state index in [0.29, 0.717) is 0 Å². The van der Waals surface area contributed by atoms with E-state index in [1.165, 1.54) is 0 Å². The fourth-order valence-electron chi connectivity index (χ4n) is 1.82. The maximum absolute atomic E-state index is 5.85. The third-order valence-corrected chi connectivity index (χ3v) is 3.38. The molecule has 2 rings (SSSR count). The molecular weight excluding hydrogens is 256 g/mol. The zero-order valence-corrected chi connectivity index (χ0v) is 10.7. The Morgan fingerprint density at radius 3 is 2.00 bits per heavy atom. The van der Waals surface area contributed by atoms with Gasteiger partial charge in [0.2, 0.25) is 0 Å². The summed E-state index contributed by atoms with van der Waals surface area (Å²) in [6.07, 6.45) is 0.275. The lowest BCUT2D eigenvalue weighted by molar-refractivity contribution is -0.166. The van der Waals surface area contributed by atoms with Crippen LogP contribution in [0.3, 0.4) is 0 Å². The minimum absolute atomic E-state index is 0.138. The van der Waals surface area contributed by atoms with E-state index in [1.54, 1.807) is 0 Å². The lowest BCUT2D eigenvalue weighted by atomic mass is 10.1. The summed E-state index contributed by atoms with van der Waals surface area (Å²) in [5, 5.41) is 0.